The van der Waals surface area contributed by atoms with Crippen LogP contribution in [0.2, 0.25) is 0 Å². The summed E-state index contributed by atoms with van der Waals surface area (Å²) in [6.45, 7) is 5.52. The molecule has 27 heavy (non-hydrogen) atoms. The van der Waals surface area contributed by atoms with Crippen molar-refractivity contribution >= 4 is 21.6 Å². The number of nitrogens with one attached hydrogen (secondary N) is 1. The number of ether oxygens (including phenoxy) is 1. The summed E-state index contributed by atoms with van der Waals surface area (Å²) in [4.78, 5) is 12.5. The molecule has 0 atom stereocenters. The van der Waals surface area contributed by atoms with E-state index in [1.165, 1.54) is 4.31 Å². The van der Waals surface area contributed by atoms with Crippen molar-refractivity contribution in [1.29, 1.82) is 0 Å². The number of anilines is 1. The number of benzene rings is 2. The van der Waals surface area contributed by atoms with Gasteiger partial charge in [-0.25, -0.2) is 8.42 Å². The molecule has 2 aromatic rings. The first kappa shape index (κ1) is 19.5. The number of morpholine rings is 1. The second kappa shape index (κ2) is 8.21. The minimum atomic E-state index is -3.38. The van der Waals surface area contributed by atoms with Crippen LogP contribution in [0.4, 0.5) is 5.69 Å². The number of carbonyl (C=O) groups is 1. The van der Waals surface area contributed by atoms with Crippen LogP contribution in [0.1, 0.15) is 27.0 Å². The average Bonchev–Trinajstić information content (AvgIpc) is 2.66. The molecule has 6 nitrogen and oxygen atoms in total. The zero-order valence-electron chi connectivity index (χ0n) is 15.6. The summed E-state index contributed by atoms with van der Waals surface area (Å²) in [5.41, 5.74) is 3.95. The summed E-state index contributed by atoms with van der Waals surface area (Å²) in [6, 6.07) is 12.5. The summed E-state index contributed by atoms with van der Waals surface area (Å²) >= 11 is 0. The van der Waals surface area contributed by atoms with Crippen molar-refractivity contribution in [1.82, 2.24) is 4.31 Å². The van der Waals surface area contributed by atoms with Gasteiger partial charge < -0.3 is 10.1 Å². The Morgan fingerprint density at radius 2 is 1.63 bits per heavy atom. The molecular formula is C20H24N2O4S. The van der Waals surface area contributed by atoms with Crippen molar-refractivity contribution in [3.63, 3.8) is 0 Å². The SMILES string of the molecule is Cc1cccc(C)c1NC(=O)c1ccc(CS(=O)(=O)N2CCOCC2)cc1. The van der Waals surface area contributed by atoms with Crippen LogP contribution < -0.4 is 5.32 Å². The highest BCUT2D eigenvalue weighted by Gasteiger charge is 2.24. The van der Waals surface area contributed by atoms with E-state index in [1.54, 1.807) is 24.3 Å². The van der Waals surface area contributed by atoms with Gasteiger partial charge in [-0.3, -0.25) is 4.79 Å². The maximum Gasteiger partial charge on any atom is 0.255 e. The Balaban J connectivity index is 1.68. The van der Waals surface area contributed by atoms with Crippen molar-refractivity contribution in [2.24, 2.45) is 0 Å². The molecule has 0 saturated carbocycles. The molecule has 3 rings (SSSR count). The minimum Gasteiger partial charge on any atom is -0.379 e. The predicted octanol–water partition coefficient (Wildman–Crippen LogP) is 2.72. The fourth-order valence-corrected chi connectivity index (χ4v) is 4.58. The van der Waals surface area contributed by atoms with Crippen LogP contribution in [0.5, 0.6) is 0 Å². The molecule has 1 heterocycles. The normalized spacial score (nSPS) is 15.5. The third-order valence-corrected chi connectivity index (χ3v) is 6.50. The molecule has 1 amide bonds. The summed E-state index contributed by atoms with van der Waals surface area (Å²) in [5, 5.41) is 2.93. The molecule has 1 aliphatic rings. The number of carbonyl (C=O) groups excluding carboxylic acids is 1. The zero-order valence-corrected chi connectivity index (χ0v) is 16.4. The molecule has 0 aromatic heterocycles. The van der Waals surface area contributed by atoms with E-state index < -0.39 is 10.0 Å². The van der Waals surface area contributed by atoms with Gasteiger partial charge in [-0.1, -0.05) is 30.3 Å². The smallest absolute Gasteiger partial charge is 0.255 e. The van der Waals surface area contributed by atoms with E-state index in [0.29, 0.717) is 37.4 Å². The van der Waals surface area contributed by atoms with Crippen molar-refractivity contribution in [3.05, 3.63) is 64.7 Å². The van der Waals surface area contributed by atoms with Gasteiger partial charge in [0.15, 0.2) is 0 Å². The second-order valence-corrected chi connectivity index (χ2v) is 8.65. The van der Waals surface area contributed by atoms with Gasteiger partial charge in [0.1, 0.15) is 0 Å². The van der Waals surface area contributed by atoms with Crippen molar-refractivity contribution < 1.29 is 17.9 Å². The molecule has 1 fully saturated rings. The molecule has 0 unspecified atom stereocenters. The first-order chi connectivity index (χ1) is 12.9. The van der Waals surface area contributed by atoms with Crippen molar-refractivity contribution in [2.75, 3.05) is 31.6 Å². The first-order valence-corrected chi connectivity index (χ1v) is 10.5. The van der Waals surface area contributed by atoms with Gasteiger partial charge in [-0.05, 0) is 42.7 Å². The maximum absolute atomic E-state index is 12.5. The van der Waals surface area contributed by atoms with Gasteiger partial charge in [-0.2, -0.15) is 4.31 Å². The van der Waals surface area contributed by atoms with Gasteiger partial charge in [-0.15, -0.1) is 0 Å². The molecule has 144 valence electrons. The van der Waals surface area contributed by atoms with E-state index in [2.05, 4.69) is 5.32 Å². The Labute approximate surface area is 160 Å². The number of hydrogen-bond donors (Lipinski definition) is 1. The standard InChI is InChI=1S/C20H24N2O4S/c1-15-4-3-5-16(2)19(15)21-20(23)18-8-6-17(7-9-18)14-27(24,25)22-10-12-26-13-11-22/h3-9H,10-14H2,1-2H3,(H,21,23). The van der Waals surface area contributed by atoms with Gasteiger partial charge in [0.05, 0.1) is 19.0 Å². The summed E-state index contributed by atoms with van der Waals surface area (Å²) in [5.74, 6) is -0.291. The molecule has 0 spiro atoms. The highest BCUT2D eigenvalue weighted by atomic mass is 32.2. The van der Waals surface area contributed by atoms with Crippen LogP contribution in [0.25, 0.3) is 0 Å². The molecule has 1 saturated heterocycles. The average molecular weight is 388 g/mol. The molecule has 0 aliphatic carbocycles. The van der Waals surface area contributed by atoms with Crippen LogP contribution >= 0.6 is 0 Å². The van der Waals surface area contributed by atoms with Crippen LogP contribution in [-0.4, -0.2) is 44.9 Å². The molecule has 2 aromatic carbocycles. The van der Waals surface area contributed by atoms with Gasteiger partial charge >= 0.3 is 0 Å². The fourth-order valence-electron chi connectivity index (χ4n) is 3.08. The lowest BCUT2D eigenvalue weighted by molar-refractivity contribution is 0.0729. The van der Waals surface area contributed by atoms with E-state index >= 15 is 0 Å². The Hall–Kier alpha value is -2.22. The first-order valence-electron chi connectivity index (χ1n) is 8.89. The van der Waals surface area contributed by atoms with E-state index in [0.717, 1.165) is 16.8 Å². The second-order valence-electron chi connectivity index (χ2n) is 6.69. The number of aryl methyl sites for hydroxylation is 2. The highest BCUT2D eigenvalue weighted by Crippen LogP contribution is 2.21. The summed E-state index contributed by atoms with van der Waals surface area (Å²) in [6.07, 6.45) is 0. The molecule has 1 aliphatic heterocycles. The van der Waals surface area contributed by atoms with Gasteiger partial charge in [0.2, 0.25) is 10.0 Å². The number of nitrogens with zero attached hydrogens (tertiary/aromatic N) is 1. The van der Waals surface area contributed by atoms with E-state index in [9.17, 15) is 13.2 Å². The Morgan fingerprint density at radius 3 is 2.22 bits per heavy atom. The van der Waals surface area contributed by atoms with Crippen molar-refractivity contribution in [2.45, 2.75) is 19.6 Å². The highest BCUT2D eigenvalue weighted by molar-refractivity contribution is 7.88. The van der Waals surface area contributed by atoms with E-state index in [4.69, 9.17) is 4.74 Å². The van der Waals surface area contributed by atoms with Gasteiger partial charge in [0.25, 0.3) is 5.91 Å². The number of hydrogen-bond acceptors (Lipinski definition) is 4. The maximum atomic E-state index is 12.5. The molecular weight excluding hydrogens is 364 g/mol. The Kier molecular flexibility index (Phi) is 5.94. The predicted molar refractivity (Wildman–Crippen MR) is 105 cm³/mol. The number of amides is 1. The Bertz CT molecular complexity index is 897. The molecule has 1 N–H and O–H groups in total. The summed E-state index contributed by atoms with van der Waals surface area (Å²) in [7, 11) is -3.38. The fraction of sp³-hybridized carbons (Fsp3) is 0.350. The third-order valence-electron chi connectivity index (χ3n) is 4.65. The van der Waals surface area contributed by atoms with Crippen LogP contribution in [-0.2, 0) is 20.5 Å². The van der Waals surface area contributed by atoms with E-state index in [-0.39, 0.29) is 11.7 Å². The number of para-hydroxylation sites is 1. The summed E-state index contributed by atoms with van der Waals surface area (Å²) < 4.78 is 31.6. The van der Waals surface area contributed by atoms with Crippen molar-refractivity contribution in [3.8, 4) is 0 Å². The molecule has 0 radical (unpaired) electrons. The molecule has 7 heteroatoms. The number of sulfonamides is 1. The molecule has 0 bridgehead atoms. The monoisotopic (exact) mass is 388 g/mol. The van der Waals surface area contributed by atoms with Crippen LogP contribution in [0.3, 0.4) is 0 Å². The quantitative estimate of drug-likeness (QED) is 0.855. The number of rotatable bonds is 5. The lowest BCUT2D eigenvalue weighted by Crippen LogP contribution is -2.41. The van der Waals surface area contributed by atoms with Gasteiger partial charge in [0, 0.05) is 24.3 Å². The largest absolute Gasteiger partial charge is 0.379 e. The minimum absolute atomic E-state index is 0.0776. The van der Waals surface area contributed by atoms with Crippen LogP contribution in [0.15, 0.2) is 42.5 Å². The lowest BCUT2D eigenvalue weighted by Gasteiger charge is -2.26. The zero-order chi connectivity index (χ0) is 19.4. The Morgan fingerprint density at radius 1 is 1.04 bits per heavy atom. The van der Waals surface area contributed by atoms with E-state index in [1.807, 2.05) is 32.0 Å². The van der Waals surface area contributed by atoms with Crippen LogP contribution in [0, 0.1) is 13.8 Å². The lowest BCUT2D eigenvalue weighted by atomic mass is 10.1. The topological polar surface area (TPSA) is 75.7 Å². The third kappa shape index (κ3) is 4.74.